The number of hydrogen-bond acceptors (Lipinski definition) is 4. The highest BCUT2D eigenvalue weighted by Gasteiger charge is 2.26. The van der Waals surface area contributed by atoms with Crippen LogP contribution in [0.3, 0.4) is 0 Å². The Kier molecular flexibility index (Phi) is 4.58. The van der Waals surface area contributed by atoms with Gasteiger partial charge in [0.2, 0.25) is 0 Å². The van der Waals surface area contributed by atoms with E-state index in [1.54, 1.807) is 11.3 Å². The van der Waals surface area contributed by atoms with Crippen LogP contribution in [0.5, 0.6) is 0 Å². The molecule has 0 bridgehead atoms. The van der Waals surface area contributed by atoms with Crippen molar-refractivity contribution in [1.29, 1.82) is 0 Å². The maximum absolute atomic E-state index is 10.2. The minimum absolute atomic E-state index is 0.380. The summed E-state index contributed by atoms with van der Waals surface area (Å²) in [5.74, 6) is 0.528. The van der Waals surface area contributed by atoms with Crippen LogP contribution in [0.2, 0.25) is 0 Å². The summed E-state index contributed by atoms with van der Waals surface area (Å²) in [4.78, 5) is 3.46. The second kappa shape index (κ2) is 6.60. The maximum atomic E-state index is 10.2. The molecule has 0 spiro atoms. The summed E-state index contributed by atoms with van der Waals surface area (Å²) in [6.45, 7) is 4.80. The van der Waals surface area contributed by atoms with E-state index in [0.717, 1.165) is 6.54 Å². The first-order valence-corrected chi connectivity index (χ1v) is 8.24. The van der Waals surface area contributed by atoms with Crippen LogP contribution in [0.25, 0.3) is 0 Å². The Morgan fingerprint density at radius 3 is 3.00 bits per heavy atom. The van der Waals surface area contributed by atoms with Crippen molar-refractivity contribution in [2.24, 2.45) is 0 Å². The molecule has 3 rings (SSSR count). The zero-order chi connectivity index (χ0) is 14.7. The van der Waals surface area contributed by atoms with Crippen LogP contribution < -0.4 is 4.90 Å². The normalized spacial score (nSPS) is 18.8. The highest BCUT2D eigenvalue weighted by molar-refractivity contribution is 7.09. The fourth-order valence-electron chi connectivity index (χ4n) is 2.89. The van der Waals surface area contributed by atoms with Gasteiger partial charge in [0.1, 0.15) is 0 Å². The van der Waals surface area contributed by atoms with Crippen LogP contribution in [0.15, 0.2) is 41.8 Å². The van der Waals surface area contributed by atoms with E-state index in [-0.39, 0.29) is 0 Å². The van der Waals surface area contributed by atoms with Gasteiger partial charge in [-0.2, -0.15) is 0 Å². The molecule has 0 saturated heterocycles. The average Bonchev–Trinajstić information content (AvgIpc) is 3.09. The summed E-state index contributed by atoms with van der Waals surface area (Å²) in [7, 11) is 0. The molecule has 1 aliphatic heterocycles. The lowest BCUT2D eigenvalue weighted by Gasteiger charge is -2.23. The van der Waals surface area contributed by atoms with Crippen LogP contribution in [0.4, 0.5) is 5.69 Å². The number of fused-ring (bicyclic) bond motifs is 1. The number of benzene rings is 1. The predicted molar refractivity (Wildman–Crippen MR) is 87.1 cm³/mol. The predicted octanol–water partition coefficient (Wildman–Crippen LogP) is 3.25. The van der Waals surface area contributed by atoms with Crippen LogP contribution >= 0.6 is 11.3 Å². The minimum Gasteiger partial charge on any atom is -0.389 e. The molecule has 0 fully saturated rings. The van der Waals surface area contributed by atoms with Gasteiger partial charge in [0.05, 0.1) is 19.3 Å². The SMILES string of the molecule is CC1CN(CC(O)COCc2cccs2)c2ccccc21. The lowest BCUT2D eigenvalue weighted by molar-refractivity contribution is 0.0331. The molecule has 1 aliphatic rings. The fourth-order valence-corrected chi connectivity index (χ4v) is 3.53. The van der Waals surface area contributed by atoms with Gasteiger partial charge in [-0.25, -0.2) is 0 Å². The van der Waals surface area contributed by atoms with Crippen molar-refractivity contribution >= 4 is 17.0 Å². The van der Waals surface area contributed by atoms with Crippen LogP contribution in [-0.4, -0.2) is 30.9 Å². The molecule has 2 aromatic rings. The molecule has 0 saturated carbocycles. The average molecular weight is 303 g/mol. The largest absolute Gasteiger partial charge is 0.389 e. The lowest BCUT2D eigenvalue weighted by Crippen LogP contribution is -2.34. The third-order valence-corrected chi connectivity index (χ3v) is 4.72. The van der Waals surface area contributed by atoms with Crippen molar-refractivity contribution in [3.05, 3.63) is 52.2 Å². The number of hydrogen-bond donors (Lipinski definition) is 1. The number of aliphatic hydroxyl groups excluding tert-OH is 1. The highest BCUT2D eigenvalue weighted by atomic mass is 32.1. The van der Waals surface area contributed by atoms with E-state index < -0.39 is 6.10 Å². The van der Waals surface area contributed by atoms with Crippen LogP contribution in [0.1, 0.15) is 23.3 Å². The van der Waals surface area contributed by atoms with Gasteiger partial charge in [-0.15, -0.1) is 11.3 Å². The van der Waals surface area contributed by atoms with Crippen molar-refractivity contribution in [1.82, 2.24) is 0 Å². The Morgan fingerprint density at radius 2 is 2.19 bits per heavy atom. The molecular formula is C17H21NO2S. The van der Waals surface area contributed by atoms with Gasteiger partial charge in [-0.3, -0.25) is 0 Å². The smallest absolute Gasteiger partial charge is 0.0948 e. The van der Waals surface area contributed by atoms with E-state index in [1.807, 2.05) is 11.4 Å². The molecule has 0 aliphatic carbocycles. The van der Waals surface area contributed by atoms with E-state index >= 15 is 0 Å². The molecule has 1 aromatic carbocycles. The van der Waals surface area contributed by atoms with Gasteiger partial charge in [0.15, 0.2) is 0 Å². The fraction of sp³-hybridized carbons (Fsp3) is 0.412. The second-order valence-corrected chi connectivity index (χ2v) is 6.65. The van der Waals surface area contributed by atoms with Crippen molar-refractivity contribution < 1.29 is 9.84 Å². The number of ether oxygens (including phenoxy) is 1. The van der Waals surface area contributed by atoms with E-state index in [4.69, 9.17) is 4.74 Å². The molecule has 3 nitrogen and oxygen atoms in total. The Bertz CT molecular complexity index is 570. The summed E-state index contributed by atoms with van der Waals surface area (Å²) < 4.78 is 5.60. The van der Waals surface area contributed by atoms with Crippen molar-refractivity contribution in [2.75, 3.05) is 24.6 Å². The van der Waals surface area contributed by atoms with Crippen LogP contribution in [-0.2, 0) is 11.3 Å². The molecule has 2 atom stereocenters. The Labute approximate surface area is 129 Å². The number of thiophene rings is 1. The molecular weight excluding hydrogens is 282 g/mol. The third-order valence-electron chi connectivity index (χ3n) is 3.87. The van der Waals surface area contributed by atoms with Gasteiger partial charge < -0.3 is 14.7 Å². The molecule has 4 heteroatoms. The first kappa shape index (κ1) is 14.6. The highest BCUT2D eigenvalue weighted by Crippen LogP contribution is 2.35. The Morgan fingerprint density at radius 1 is 1.33 bits per heavy atom. The number of rotatable bonds is 6. The molecule has 1 N–H and O–H groups in total. The molecule has 1 aromatic heterocycles. The monoisotopic (exact) mass is 303 g/mol. The molecule has 0 amide bonds. The molecule has 0 radical (unpaired) electrons. The topological polar surface area (TPSA) is 32.7 Å². The molecule has 21 heavy (non-hydrogen) atoms. The second-order valence-electron chi connectivity index (χ2n) is 5.61. The zero-order valence-corrected chi connectivity index (χ0v) is 13.1. The summed E-state index contributed by atoms with van der Waals surface area (Å²) >= 11 is 1.68. The van der Waals surface area contributed by atoms with Crippen molar-refractivity contribution in [3.8, 4) is 0 Å². The van der Waals surface area contributed by atoms with Gasteiger partial charge in [0.25, 0.3) is 0 Å². The van der Waals surface area contributed by atoms with E-state index in [0.29, 0.717) is 25.7 Å². The quantitative estimate of drug-likeness (QED) is 0.889. The zero-order valence-electron chi connectivity index (χ0n) is 12.2. The van der Waals surface area contributed by atoms with E-state index in [9.17, 15) is 5.11 Å². The first-order valence-electron chi connectivity index (χ1n) is 7.36. The third kappa shape index (κ3) is 3.46. The Balaban J connectivity index is 1.50. The molecule has 2 unspecified atom stereocenters. The Hall–Kier alpha value is -1.36. The lowest BCUT2D eigenvalue weighted by atomic mass is 10.0. The summed E-state index contributed by atoms with van der Waals surface area (Å²) in [5.41, 5.74) is 2.63. The van der Waals surface area contributed by atoms with Crippen LogP contribution in [0, 0.1) is 0 Å². The van der Waals surface area contributed by atoms with Gasteiger partial charge in [0, 0.05) is 29.6 Å². The number of para-hydroxylation sites is 1. The summed E-state index contributed by atoms with van der Waals surface area (Å²) in [6.07, 6.45) is -0.455. The van der Waals surface area contributed by atoms with Crippen molar-refractivity contribution in [2.45, 2.75) is 25.6 Å². The molecule has 112 valence electrons. The number of nitrogens with zero attached hydrogens (tertiary/aromatic N) is 1. The van der Waals surface area contributed by atoms with E-state index in [1.165, 1.54) is 16.1 Å². The first-order chi connectivity index (χ1) is 10.2. The van der Waals surface area contributed by atoms with Gasteiger partial charge in [-0.05, 0) is 23.1 Å². The standard InChI is InChI=1S/C17H21NO2S/c1-13-9-18(17-7-3-2-6-16(13)17)10-14(19)11-20-12-15-5-4-8-21-15/h2-8,13-14,19H,9-12H2,1H3. The number of aliphatic hydroxyl groups is 1. The van der Waals surface area contributed by atoms with Gasteiger partial charge in [-0.1, -0.05) is 31.2 Å². The minimum atomic E-state index is -0.455. The number of β-amino-alcohol motifs (C(OH)–C–C–N with tert-alkyl or cyclic N) is 1. The summed E-state index contributed by atoms with van der Waals surface area (Å²) in [5, 5.41) is 12.2. The number of anilines is 1. The van der Waals surface area contributed by atoms with Gasteiger partial charge >= 0.3 is 0 Å². The summed E-state index contributed by atoms with van der Waals surface area (Å²) in [6, 6.07) is 12.5. The molecule has 2 heterocycles. The maximum Gasteiger partial charge on any atom is 0.0948 e. The van der Waals surface area contributed by atoms with E-state index in [2.05, 4.69) is 42.2 Å². The van der Waals surface area contributed by atoms with Crippen molar-refractivity contribution in [3.63, 3.8) is 0 Å².